The summed E-state index contributed by atoms with van der Waals surface area (Å²) in [6, 6.07) is 0.355. The van der Waals surface area contributed by atoms with Crippen LogP contribution in [0.1, 0.15) is 13.3 Å². The van der Waals surface area contributed by atoms with Crippen molar-refractivity contribution in [1.82, 2.24) is 4.90 Å². The molecule has 1 unspecified atom stereocenters. The van der Waals surface area contributed by atoms with Gasteiger partial charge in [0, 0.05) is 19.7 Å². The number of ketones is 1. The van der Waals surface area contributed by atoms with E-state index in [-0.39, 0.29) is 5.78 Å². The number of hydrogen-bond acceptors (Lipinski definition) is 3. The molecule has 13 heavy (non-hydrogen) atoms. The number of carbonyl (C=O) groups excluding carboxylic acids is 1. The summed E-state index contributed by atoms with van der Waals surface area (Å²) in [7, 11) is 3.78. The summed E-state index contributed by atoms with van der Waals surface area (Å²) >= 11 is 0. The lowest BCUT2D eigenvalue weighted by molar-refractivity contribution is -0.112. The lowest BCUT2D eigenvalue weighted by Crippen LogP contribution is -2.23. The maximum Gasteiger partial charge on any atom is 0.152 e. The molecule has 1 heterocycles. The first-order valence-corrected chi connectivity index (χ1v) is 4.55. The Bertz CT molecular complexity index is 213. The SMILES string of the molecule is CO[C@H]1CC(/C=C/C(C)=O)N(C)C1. The Morgan fingerprint density at radius 1 is 1.62 bits per heavy atom. The summed E-state index contributed by atoms with van der Waals surface area (Å²) in [5.74, 6) is 0.106. The van der Waals surface area contributed by atoms with Gasteiger partial charge in [-0.2, -0.15) is 0 Å². The Morgan fingerprint density at radius 2 is 2.31 bits per heavy atom. The highest BCUT2D eigenvalue weighted by atomic mass is 16.5. The van der Waals surface area contributed by atoms with Gasteiger partial charge >= 0.3 is 0 Å². The number of carbonyl (C=O) groups is 1. The lowest BCUT2D eigenvalue weighted by Gasteiger charge is -2.13. The van der Waals surface area contributed by atoms with Gasteiger partial charge in [0.05, 0.1) is 6.10 Å². The maximum atomic E-state index is 10.7. The topological polar surface area (TPSA) is 29.5 Å². The van der Waals surface area contributed by atoms with Gasteiger partial charge in [0.25, 0.3) is 0 Å². The van der Waals surface area contributed by atoms with Crippen LogP contribution in [-0.2, 0) is 9.53 Å². The molecule has 1 aliphatic rings. The quantitative estimate of drug-likeness (QED) is 0.607. The van der Waals surface area contributed by atoms with Crippen molar-refractivity contribution in [2.75, 3.05) is 20.7 Å². The first kappa shape index (κ1) is 10.4. The molecule has 0 bridgehead atoms. The predicted molar refractivity (Wildman–Crippen MR) is 51.7 cm³/mol. The first-order chi connectivity index (χ1) is 6.13. The Balaban J connectivity index is 2.47. The van der Waals surface area contributed by atoms with Crippen molar-refractivity contribution in [3.05, 3.63) is 12.2 Å². The summed E-state index contributed by atoms with van der Waals surface area (Å²) in [6.07, 6.45) is 4.89. The molecule has 0 amide bonds. The summed E-state index contributed by atoms with van der Waals surface area (Å²) in [5.41, 5.74) is 0. The van der Waals surface area contributed by atoms with Crippen LogP contribution in [0.3, 0.4) is 0 Å². The molecular formula is C10H17NO2. The highest BCUT2D eigenvalue weighted by Crippen LogP contribution is 2.18. The molecule has 0 N–H and O–H groups in total. The highest BCUT2D eigenvalue weighted by Gasteiger charge is 2.27. The van der Waals surface area contributed by atoms with Gasteiger partial charge in [0.1, 0.15) is 0 Å². The molecule has 1 fully saturated rings. The molecule has 0 saturated carbocycles. The van der Waals surface area contributed by atoms with Gasteiger partial charge < -0.3 is 4.74 Å². The van der Waals surface area contributed by atoms with Crippen LogP contribution < -0.4 is 0 Å². The van der Waals surface area contributed by atoms with Crippen LogP contribution in [0.5, 0.6) is 0 Å². The Hall–Kier alpha value is -0.670. The van der Waals surface area contributed by atoms with E-state index in [1.165, 1.54) is 0 Å². The van der Waals surface area contributed by atoms with Crippen LogP contribution >= 0.6 is 0 Å². The average Bonchev–Trinajstić information content (AvgIpc) is 2.43. The number of allylic oxidation sites excluding steroid dienone is 1. The Kier molecular flexibility index (Phi) is 3.63. The second-order valence-corrected chi connectivity index (χ2v) is 3.57. The molecule has 0 aromatic heterocycles. The zero-order chi connectivity index (χ0) is 9.84. The van der Waals surface area contributed by atoms with Crippen molar-refractivity contribution in [3.63, 3.8) is 0 Å². The maximum absolute atomic E-state index is 10.7. The summed E-state index contributed by atoms with van der Waals surface area (Å²) in [6.45, 7) is 2.52. The summed E-state index contributed by atoms with van der Waals surface area (Å²) in [5, 5.41) is 0. The minimum absolute atomic E-state index is 0.106. The largest absolute Gasteiger partial charge is 0.380 e. The van der Waals surface area contributed by atoms with Gasteiger partial charge in [-0.25, -0.2) is 0 Å². The minimum atomic E-state index is 0.106. The van der Waals surface area contributed by atoms with Crippen LogP contribution in [0.15, 0.2) is 12.2 Å². The van der Waals surface area contributed by atoms with E-state index in [1.54, 1.807) is 20.1 Å². The van der Waals surface area contributed by atoms with Gasteiger partial charge in [-0.3, -0.25) is 9.69 Å². The van der Waals surface area contributed by atoms with Crippen molar-refractivity contribution in [3.8, 4) is 0 Å². The van der Waals surface area contributed by atoms with E-state index in [9.17, 15) is 4.79 Å². The number of likely N-dealkylation sites (tertiary alicyclic amines) is 1. The molecule has 0 aromatic rings. The third kappa shape index (κ3) is 2.94. The number of nitrogens with zero attached hydrogens (tertiary/aromatic N) is 1. The number of ether oxygens (including phenoxy) is 1. The van der Waals surface area contributed by atoms with Crippen molar-refractivity contribution < 1.29 is 9.53 Å². The third-order valence-electron chi connectivity index (χ3n) is 2.45. The number of rotatable bonds is 3. The molecular weight excluding hydrogens is 166 g/mol. The molecule has 1 aliphatic heterocycles. The van der Waals surface area contributed by atoms with E-state index in [1.807, 2.05) is 13.1 Å². The van der Waals surface area contributed by atoms with Gasteiger partial charge in [-0.15, -0.1) is 0 Å². The molecule has 0 radical (unpaired) electrons. The van der Waals surface area contributed by atoms with Gasteiger partial charge in [-0.1, -0.05) is 6.08 Å². The van der Waals surface area contributed by atoms with Crippen LogP contribution in [0, 0.1) is 0 Å². The van der Waals surface area contributed by atoms with E-state index in [0.29, 0.717) is 12.1 Å². The van der Waals surface area contributed by atoms with Crippen LogP contribution in [0.2, 0.25) is 0 Å². The van der Waals surface area contributed by atoms with E-state index in [4.69, 9.17) is 4.74 Å². The molecule has 1 saturated heterocycles. The zero-order valence-electron chi connectivity index (χ0n) is 8.49. The van der Waals surface area contributed by atoms with E-state index >= 15 is 0 Å². The molecule has 0 aliphatic carbocycles. The summed E-state index contributed by atoms with van der Waals surface area (Å²) < 4.78 is 5.26. The number of likely N-dealkylation sites (N-methyl/N-ethyl adjacent to an activating group) is 1. The molecule has 3 nitrogen and oxygen atoms in total. The van der Waals surface area contributed by atoms with E-state index in [0.717, 1.165) is 13.0 Å². The number of methoxy groups -OCH3 is 1. The second kappa shape index (κ2) is 4.53. The fourth-order valence-corrected chi connectivity index (χ4v) is 1.62. The average molecular weight is 183 g/mol. The predicted octanol–water partition coefficient (Wildman–Crippen LogP) is 0.851. The molecule has 1 rings (SSSR count). The second-order valence-electron chi connectivity index (χ2n) is 3.57. The normalized spacial score (nSPS) is 30.1. The molecule has 3 heteroatoms. The molecule has 0 aromatic carbocycles. The van der Waals surface area contributed by atoms with Gasteiger partial charge in [0.15, 0.2) is 5.78 Å². The monoisotopic (exact) mass is 183 g/mol. The fraction of sp³-hybridized carbons (Fsp3) is 0.700. The Morgan fingerprint density at radius 3 is 2.77 bits per heavy atom. The van der Waals surface area contributed by atoms with Crippen molar-refractivity contribution in [1.29, 1.82) is 0 Å². The summed E-state index contributed by atoms with van der Waals surface area (Å²) in [4.78, 5) is 12.9. The molecule has 0 spiro atoms. The van der Waals surface area contributed by atoms with Gasteiger partial charge in [0.2, 0.25) is 0 Å². The third-order valence-corrected chi connectivity index (χ3v) is 2.45. The Labute approximate surface area is 79.4 Å². The van der Waals surface area contributed by atoms with Crippen molar-refractivity contribution in [2.45, 2.75) is 25.5 Å². The molecule has 2 atom stereocenters. The highest BCUT2D eigenvalue weighted by molar-refractivity contribution is 5.87. The van der Waals surface area contributed by atoms with Crippen LogP contribution in [0.4, 0.5) is 0 Å². The van der Waals surface area contributed by atoms with Crippen molar-refractivity contribution >= 4 is 5.78 Å². The smallest absolute Gasteiger partial charge is 0.152 e. The number of hydrogen-bond donors (Lipinski definition) is 0. The van der Waals surface area contributed by atoms with Gasteiger partial charge in [-0.05, 0) is 26.5 Å². The zero-order valence-corrected chi connectivity index (χ0v) is 8.49. The van der Waals surface area contributed by atoms with Crippen molar-refractivity contribution in [2.24, 2.45) is 0 Å². The lowest BCUT2D eigenvalue weighted by atomic mass is 10.2. The standard InChI is InChI=1S/C10H17NO2/c1-8(12)4-5-9-6-10(13-3)7-11(9)2/h4-5,9-10H,6-7H2,1-3H3/b5-4+/t9?,10-/m0/s1. The first-order valence-electron chi connectivity index (χ1n) is 4.55. The van der Waals surface area contributed by atoms with Crippen LogP contribution in [0.25, 0.3) is 0 Å². The van der Waals surface area contributed by atoms with Crippen LogP contribution in [-0.4, -0.2) is 43.5 Å². The molecule has 74 valence electrons. The minimum Gasteiger partial charge on any atom is -0.380 e. The van der Waals surface area contributed by atoms with E-state index < -0.39 is 0 Å². The van der Waals surface area contributed by atoms with E-state index in [2.05, 4.69) is 4.90 Å². The fourth-order valence-electron chi connectivity index (χ4n) is 1.62.